The number of rotatable bonds is 5. The molecule has 0 unspecified atom stereocenters. The Labute approximate surface area is 103 Å². The molecule has 1 rings (SSSR count). The van der Waals surface area contributed by atoms with Gasteiger partial charge in [-0.05, 0) is 18.4 Å². The molecule has 0 bridgehead atoms. The van der Waals surface area contributed by atoms with Crippen LogP contribution in [0.4, 0.5) is 5.13 Å². The number of hydrogen-bond donors (Lipinski definition) is 1. The minimum absolute atomic E-state index is 0.412. The highest BCUT2D eigenvalue weighted by Gasteiger charge is 2.09. The molecule has 0 spiro atoms. The van der Waals surface area contributed by atoms with Crippen LogP contribution in [-0.4, -0.2) is 25.6 Å². The van der Waals surface area contributed by atoms with Crippen LogP contribution in [-0.2, 0) is 6.54 Å². The van der Waals surface area contributed by atoms with E-state index in [1.54, 1.807) is 11.3 Å². The summed E-state index contributed by atoms with van der Waals surface area (Å²) in [6.07, 6.45) is 3.16. The van der Waals surface area contributed by atoms with E-state index in [4.69, 9.17) is 0 Å². The summed E-state index contributed by atoms with van der Waals surface area (Å²) in [7, 11) is 4.05. The first-order valence-corrected chi connectivity index (χ1v) is 6.53. The van der Waals surface area contributed by atoms with Crippen molar-refractivity contribution in [1.29, 1.82) is 0 Å². The highest BCUT2D eigenvalue weighted by Crippen LogP contribution is 2.20. The van der Waals surface area contributed by atoms with Crippen LogP contribution in [0.25, 0.3) is 0 Å². The molecule has 1 aromatic rings. The number of thiazole rings is 1. The van der Waals surface area contributed by atoms with Gasteiger partial charge in [-0.3, -0.25) is 0 Å². The van der Waals surface area contributed by atoms with Gasteiger partial charge in [0.15, 0.2) is 5.13 Å². The van der Waals surface area contributed by atoms with Crippen LogP contribution in [0.1, 0.15) is 32.1 Å². The van der Waals surface area contributed by atoms with Crippen LogP contribution in [0.15, 0.2) is 6.20 Å². The molecule has 0 amide bonds. The fourth-order valence-corrected chi connectivity index (χ4v) is 2.06. The maximum Gasteiger partial charge on any atom is 0.185 e. The summed E-state index contributed by atoms with van der Waals surface area (Å²) in [5.74, 6) is 0. The average molecular weight is 241 g/mol. The SMILES string of the molecule is CN(C)c1ncc(CNCCC(C)(C)C)s1. The van der Waals surface area contributed by atoms with Crippen molar-refractivity contribution < 1.29 is 0 Å². The van der Waals surface area contributed by atoms with Crippen molar-refractivity contribution >= 4 is 16.5 Å². The third kappa shape index (κ3) is 4.94. The second-order valence-corrected chi connectivity index (χ2v) is 6.58. The van der Waals surface area contributed by atoms with Gasteiger partial charge < -0.3 is 10.2 Å². The van der Waals surface area contributed by atoms with Gasteiger partial charge in [0.1, 0.15) is 0 Å². The molecule has 0 aliphatic heterocycles. The van der Waals surface area contributed by atoms with Crippen molar-refractivity contribution in [3.63, 3.8) is 0 Å². The fourth-order valence-electron chi connectivity index (χ4n) is 1.26. The average Bonchev–Trinajstić information content (AvgIpc) is 2.59. The van der Waals surface area contributed by atoms with E-state index in [9.17, 15) is 0 Å². The molecule has 92 valence electrons. The van der Waals surface area contributed by atoms with Gasteiger partial charge in [-0.25, -0.2) is 4.98 Å². The Hall–Kier alpha value is -0.610. The Bertz CT molecular complexity index is 312. The largest absolute Gasteiger partial charge is 0.354 e. The molecule has 3 nitrogen and oxygen atoms in total. The number of hydrogen-bond acceptors (Lipinski definition) is 4. The lowest BCUT2D eigenvalue weighted by Crippen LogP contribution is -2.19. The Balaban J connectivity index is 2.27. The van der Waals surface area contributed by atoms with E-state index in [1.165, 1.54) is 11.3 Å². The van der Waals surface area contributed by atoms with Crippen LogP contribution in [0.2, 0.25) is 0 Å². The molecule has 0 aromatic carbocycles. The van der Waals surface area contributed by atoms with Crippen LogP contribution in [0.5, 0.6) is 0 Å². The minimum Gasteiger partial charge on any atom is -0.354 e. The topological polar surface area (TPSA) is 28.2 Å². The zero-order valence-electron chi connectivity index (χ0n) is 11.0. The van der Waals surface area contributed by atoms with E-state index >= 15 is 0 Å². The number of anilines is 1. The van der Waals surface area contributed by atoms with Crippen molar-refractivity contribution in [2.45, 2.75) is 33.7 Å². The minimum atomic E-state index is 0.412. The lowest BCUT2D eigenvalue weighted by Gasteiger charge is -2.17. The van der Waals surface area contributed by atoms with Gasteiger partial charge in [0.05, 0.1) is 0 Å². The standard InChI is InChI=1S/C12H23N3S/c1-12(2,3)6-7-13-8-10-9-14-11(16-10)15(4)5/h9,13H,6-8H2,1-5H3. The second-order valence-electron chi connectivity index (χ2n) is 5.49. The summed E-state index contributed by atoms with van der Waals surface area (Å²) in [5, 5.41) is 4.54. The maximum absolute atomic E-state index is 4.35. The first-order chi connectivity index (χ1) is 7.38. The van der Waals surface area contributed by atoms with Crippen molar-refractivity contribution in [1.82, 2.24) is 10.3 Å². The van der Waals surface area contributed by atoms with Gasteiger partial charge in [0, 0.05) is 31.7 Å². The zero-order valence-corrected chi connectivity index (χ0v) is 11.8. The lowest BCUT2D eigenvalue weighted by atomic mass is 9.92. The fraction of sp³-hybridized carbons (Fsp3) is 0.750. The van der Waals surface area contributed by atoms with Crippen molar-refractivity contribution in [2.75, 3.05) is 25.5 Å². The van der Waals surface area contributed by atoms with E-state index < -0.39 is 0 Å². The molecule has 0 saturated heterocycles. The molecule has 0 fully saturated rings. The normalized spacial score (nSPS) is 11.8. The zero-order chi connectivity index (χ0) is 12.2. The molecule has 1 N–H and O–H groups in total. The summed E-state index contributed by atoms with van der Waals surface area (Å²) in [4.78, 5) is 7.70. The van der Waals surface area contributed by atoms with Gasteiger partial charge in [-0.2, -0.15) is 0 Å². The summed E-state index contributed by atoms with van der Waals surface area (Å²) in [5.41, 5.74) is 0.412. The van der Waals surface area contributed by atoms with Crippen LogP contribution in [0, 0.1) is 5.41 Å². The molecule has 1 aromatic heterocycles. The molecule has 0 radical (unpaired) electrons. The van der Waals surface area contributed by atoms with Crippen molar-refractivity contribution in [2.24, 2.45) is 5.41 Å². The highest BCUT2D eigenvalue weighted by molar-refractivity contribution is 7.15. The van der Waals surface area contributed by atoms with Gasteiger partial charge >= 0.3 is 0 Å². The van der Waals surface area contributed by atoms with Gasteiger partial charge in [0.25, 0.3) is 0 Å². The first kappa shape index (κ1) is 13.5. The molecule has 0 atom stereocenters. The van der Waals surface area contributed by atoms with E-state index in [-0.39, 0.29) is 0 Å². The first-order valence-electron chi connectivity index (χ1n) is 5.71. The van der Waals surface area contributed by atoms with Crippen LogP contribution in [0.3, 0.4) is 0 Å². The molecule has 0 saturated carbocycles. The Morgan fingerprint density at radius 1 is 1.38 bits per heavy atom. The number of nitrogens with one attached hydrogen (secondary N) is 1. The smallest absolute Gasteiger partial charge is 0.185 e. The van der Waals surface area contributed by atoms with E-state index in [1.807, 2.05) is 25.2 Å². The summed E-state index contributed by atoms with van der Waals surface area (Å²) in [6, 6.07) is 0. The van der Waals surface area contributed by atoms with E-state index in [2.05, 4.69) is 31.1 Å². The number of nitrogens with zero attached hydrogens (tertiary/aromatic N) is 2. The molecule has 16 heavy (non-hydrogen) atoms. The molecule has 0 aliphatic carbocycles. The molecule has 0 aliphatic rings. The molecule has 4 heteroatoms. The molecular formula is C12H23N3S. The lowest BCUT2D eigenvalue weighted by molar-refractivity contribution is 0.367. The molecular weight excluding hydrogens is 218 g/mol. The highest BCUT2D eigenvalue weighted by atomic mass is 32.1. The van der Waals surface area contributed by atoms with Crippen LogP contribution >= 0.6 is 11.3 Å². The van der Waals surface area contributed by atoms with Gasteiger partial charge in [-0.15, -0.1) is 11.3 Å². The summed E-state index contributed by atoms with van der Waals surface area (Å²) >= 11 is 1.75. The maximum atomic E-state index is 4.35. The Kier molecular flexibility index (Phi) is 4.74. The molecule has 1 heterocycles. The van der Waals surface area contributed by atoms with Gasteiger partial charge in [-0.1, -0.05) is 20.8 Å². The summed E-state index contributed by atoms with van der Waals surface area (Å²) in [6.45, 7) is 8.81. The Morgan fingerprint density at radius 2 is 2.06 bits per heavy atom. The van der Waals surface area contributed by atoms with Gasteiger partial charge in [0.2, 0.25) is 0 Å². The predicted octanol–water partition coefficient (Wildman–Crippen LogP) is 2.73. The predicted molar refractivity (Wildman–Crippen MR) is 72.2 cm³/mol. The van der Waals surface area contributed by atoms with E-state index in [0.29, 0.717) is 5.41 Å². The van der Waals surface area contributed by atoms with Crippen LogP contribution < -0.4 is 10.2 Å². The Morgan fingerprint density at radius 3 is 2.56 bits per heavy atom. The second kappa shape index (κ2) is 5.64. The van der Waals surface area contributed by atoms with Crippen molar-refractivity contribution in [3.8, 4) is 0 Å². The van der Waals surface area contributed by atoms with E-state index in [0.717, 1.165) is 18.2 Å². The third-order valence-electron chi connectivity index (χ3n) is 2.27. The number of aromatic nitrogens is 1. The summed E-state index contributed by atoms with van der Waals surface area (Å²) < 4.78 is 0. The quantitative estimate of drug-likeness (QED) is 0.803. The third-order valence-corrected chi connectivity index (χ3v) is 3.44. The monoisotopic (exact) mass is 241 g/mol. The van der Waals surface area contributed by atoms with Crippen molar-refractivity contribution in [3.05, 3.63) is 11.1 Å².